The Labute approximate surface area is 139 Å². The number of halogens is 2. The number of anilines is 1. The minimum Gasteiger partial charge on any atom is -0.363 e. The van der Waals surface area contributed by atoms with Gasteiger partial charge in [0.1, 0.15) is 16.7 Å². The van der Waals surface area contributed by atoms with Gasteiger partial charge in [0, 0.05) is 11.5 Å². The van der Waals surface area contributed by atoms with Gasteiger partial charge in [-0.1, -0.05) is 28.1 Å². The van der Waals surface area contributed by atoms with Gasteiger partial charge in [-0.15, -0.1) is 0 Å². The average Bonchev–Trinajstić information content (AvgIpc) is 2.75. The quantitative estimate of drug-likeness (QED) is 0.707. The number of hydrogen-bond donors (Lipinski definition) is 1. The lowest BCUT2D eigenvalue weighted by molar-refractivity contribution is 0.777. The number of aromatic nitrogens is 4. The van der Waals surface area contributed by atoms with Gasteiger partial charge in [-0.2, -0.15) is 5.10 Å². The number of aryl methyl sites for hydroxylation is 1. The fraction of sp³-hybridized carbons (Fsp3) is 0.214. The summed E-state index contributed by atoms with van der Waals surface area (Å²) in [6.07, 6.45) is 1.55. The van der Waals surface area contributed by atoms with Gasteiger partial charge in [0.2, 0.25) is 0 Å². The smallest absolute Gasteiger partial charge is 0.164 e. The summed E-state index contributed by atoms with van der Waals surface area (Å²) >= 11 is 6.96. The zero-order valence-corrected chi connectivity index (χ0v) is 14.7. The average molecular weight is 411 g/mol. The third-order valence-corrected chi connectivity index (χ3v) is 4.33. The van der Waals surface area contributed by atoms with Crippen LogP contribution in [0.4, 0.5) is 5.82 Å². The Kier molecular flexibility index (Phi) is 3.95. The minimum atomic E-state index is 0.118. The predicted molar refractivity (Wildman–Crippen MR) is 90.2 cm³/mol. The molecule has 7 heteroatoms. The fourth-order valence-corrected chi connectivity index (χ4v) is 3.23. The van der Waals surface area contributed by atoms with Crippen molar-refractivity contribution in [1.29, 1.82) is 0 Å². The zero-order chi connectivity index (χ0) is 15.0. The number of hydrogen-bond acceptors (Lipinski definition) is 4. The maximum Gasteiger partial charge on any atom is 0.164 e. The number of benzene rings is 1. The van der Waals surface area contributed by atoms with Crippen molar-refractivity contribution in [2.45, 2.75) is 13.0 Å². The van der Waals surface area contributed by atoms with Gasteiger partial charge >= 0.3 is 0 Å². The van der Waals surface area contributed by atoms with Gasteiger partial charge in [-0.25, -0.2) is 14.6 Å². The van der Waals surface area contributed by atoms with E-state index < -0.39 is 0 Å². The molecule has 0 radical (unpaired) electrons. The molecule has 2 heterocycles. The van der Waals surface area contributed by atoms with E-state index in [1.165, 1.54) is 5.56 Å². The van der Waals surface area contributed by atoms with Crippen molar-refractivity contribution in [2.75, 3.05) is 5.32 Å². The van der Waals surface area contributed by atoms with Crippen molar-refractivity contribution in [3.63, 3.8) is 0 Å². The first-order valence-electron chi connectivity index (χ1n) is 6.41. The molecule has 1 unspecified atom stereocenters. The molecule has 0 aliphatic heterocycles. The summed E-state index contributed by atoms with van der Waals surface area (Å²) < 4.78 is 3.53. The first-order valence-corrected chi connectivity index (χ1v) is 8.00. The molecule has 108 valence electrons. The van der Waals surface area contributed by atoms with Gasteiger partial charge in [-0.05, 0) is 40.5 Å². The summed E-state index contributed by atoms with van der Waals surface area (Å²) in [5.41, 5.74) is 1.97. The van der Waals surface area contributed by atoms with Crippen molar-refractivity contribution < 1.29 is 0 Å². The Hall–Kier alpha value is -1.47. The van der Waals surface area contributed by atoms with Crippen molar-refractivity contribution in [1.82, 2.24) is 19.7 Å². The Morgan fingerprint density at radius 3 is 2.81 bits per heavy atom. The summed E-state index contributed by atoms with van der Waals surface area (Å²) in [6.45, 7) is 2.10. The lowest BCUT2D eigenvalue weighted by Gasteiger charge is -2.15. The van der Waals surface area contributed by atoms with Gasteiger partial charge in [-0.3, -0.25) is 0 Å². The van der Waals surface area contributed by atoms with Crippen LogP contribution in [0, 0.1) is 0 Å². The van der Waals surface area contributed by atoms with Crippen LogP contribution in [0.15, 0.2) is 39.7 Å². The first kappa shape index (κ1) is 14.5. The topological polar surface area (TPSA) is 55.6 Å². The molecule has 21 heavy (non-hydrogen) atoms. The van der Waals surface area contributed by atoms with E-state index in [4.69, 9.17) is 0 Å². The van der Waals surface area contributed by atoms with Crippen LogP contribution >= 0.6 is 31.9 Å². The molecule has 0 saturated carbocycles. The van der Waals surface area contributed by atoms with E-state index in [2.05, 4.69) is 71.3 Å². The third-order valence-electron chi connectivity index (χ3n) is 3.28. The second kappa shape index (κ2) is 5.73. The molecule has 5 nitrogen and oxygen atoms in total. The highest BCUT2D eigenvalue weighted by atomic mass is 79.9. The Balaban J connectivity index is 1.98. The predicted octanol–water partition coefficient (Wildman–Crippen LogP) is 4.06. The van der Waals surface area contributed by atoms with E-state index in [-0.39, 0.29) is 6.04 Å². The fourth-order valence-electron chi connectivity index (χ4n) is 2.21. The first-order chi connectivity index (χ1) is 10.1. The van der Waals surface area contributed by atoms with E-state index >= 15 is 0 Å². The van der Waals surface area contributed by atoms with Gasteiger partial charge in [0.25, 0.3) is 0 Å². The second-order valence-corrected chi connectivity index (χ2v) is 6.42. The molecule has 0 saturated heterocycles. The molecule has 3 rings (SSSR count). The molecule has 3 aromatic rings. The van der Waals surface area contributed by atoms with E-state index in [1.807, 2.05) is 19.2 Å². The highest BCUT2D eigenvalue weighted by Gasteiger charge is 2.15. The summed E-state index contributed by atoms with van der Waals surface area (Å²) in [6, 6.07) is 8.32. The van der Waals surface area contributed by atoms with Crippen LogP contribution in [0.25, 0.3) is 11.0 Å². The molecular formula is C14H13Br2N5. The normalized spacial score (nSPS) is 12.6. The lowest BCUT2D eigenvalue weighted by atomic mass is 10.1. The summed E-state index contributed by atoms with van der Waals surface area (Å²) in [5.74, 6) is 0.771. The number of fused-ring (bicyclic) bond motifs is 1. The van der Waals surface area contributed by atoms with E-state index in [9.17, 15) is 0 Å². The van der Waals surface area contributed by atoms with Crippen LogP contribution in [0.3, 0.4) is 0 Å². The number of nitrogens with one attached hydrogen (secondary N) is 1. The summed E-state index contributed by atoms with van der Waals surface area (Å²) in [5, 5.41) is 8.65. The largest absolute Gasteiger partial charge is 0.363 e. The third kappa shape index (κ3) is 2.80. The number of nitrogens with zero attached hydrogens (tertiary/aromatic N) is 4. The van der Waals surface area contributed by atoms with Crippen molar-refractivity contribution in [2.24, 2.45) is 7.05 Å². The van der Waals surface area contributed by atoms with Gasteiger partial charge in [0.05, 0.1) is 11.4 Å². The molecule has 1 atom stereocenters. The van der Waals surface area contributed by atoms with Crippen LogP contribution in [0.1, 0.15) is 18.5 Å². The molecule has 0 bridgehead atoms. The molecule has 1 aromatic carbocycles. The molecular weight excluding hydrogens is 398 g/mol. The van der Waals surface area contributed by atoms with E-state index in [0.717, 1.165) is 25.9 Å². The van der Waals surface area contributed by atoms with E-state index in [1.54, 1.807) is 11.0 Å². The molecule has 1 N–H and O–H groups in total. The highest BCUT2D eigenvalue weighted by Crippen LogP contribution is 2.29. The molecule has 0 fully saturated rings. The van der Waals surface area contributed by atoms with Crippen LogP contribution in [-0.2, 0) is 7.05 Å². The maximum atomic E-state index is 4.35. The maximum absolute atomic E-state index is 4.35. The van der Waals surface area contributed by atoms with Crippen molar-refractivity contribution >= 4 is 48.7 Å². The van der Waals surface area contributed by atoms with Crippen LogP contribution in [0.5, 0.6) is 0 Å². The molecule has 2 aromatic heterocycles. The molecule has 0 aliphatic carbocycles. The summed E-state index contributed by atoms with van der Waals surface area (Å²) in [7, 11) is 1.86. The molecule has 0 spiro atoms. The highest BCUT2D eigenvalue weighted by molar-refractivity contribution is 9.10. The van der Waals surface area contributed by atoms with Crippen LogP contribution < -0.4 is 5.32 Å². The monoisotopic (exact) mass is 409 g/mol. The van der Waals surface area contributed by atoms with Crippen LogP contribution in [-0.4, -0.2) is 19.7 Å². The number of rotatable bonds is 3. The summed E-state index contributed by atoms with van der Waals surface area (Å²) in [4.78, 5) is 8.62. The minimum absolute atomic E-state index is 0.118. The molecule has 0 amide bonds. The Bertz CT molecular complexity index is 799. The van der Waals surface area contributed by atoms with Crippen molar-refractivity contribution in [3.8, 4) is 0 Å². The molecule has 0 aliphatic rings. The van der Waals surface area contributed by atoms with Crippen molar-refractivity contribution in [3.05, 3.63) is 45.2 Å². The zero-order valence-electron chi connectivity index (χ0n) is 11.5. The SMILES string of the molecule is CC(Nc1ncnc2c1c(Br)nn2C)c1cccc(Br)c1. The lowest BCUT2D eigenvalue weighted by Crippen LogP contribution is -2.08. The Morgan fingerprint density at radius 2 is 2.05 bits per heavy atom. The van der Waals surface area contributed by atoms with Gasteiger partial charge in [0.15, 0.2) is 5.65 Å². The standard InChI is InChI=1S/C14H13Br2N5/c1-8(9-4-3-5-10(15)6-9)19-13-11-12(16)20-21(2)14(11)18-7-17-13/h3-8H,1-2H3,(H,17,18,19). The second-order valence-electron chi connectivity index (χ2n) is 4.76. The Morgan fingerprint density at radius 1 is 1.24 bits per heavy atom. The van der Waals surface area contributed by atoms with Gasteiger partial charge < -0.3 is 5.32 Å². The van der Waals surface area contributed by atoms with Crippen LogP contribution in [0.2, 0.25) is 0 Å². The van der Waals surface area contributed by atoms with E-state index in [0.29, 0.717) is 0 Å².